The van der Waals surface area contributed by atoms with E-state index in [9.17, 15) is 27.6 Å². The monoisotopic (exact) mass is 621 g/mol. The average molecular weight is 622 g/mol. The van der Waals surface area contributed by atoms with Crippen LogP contribution in [0.2, 0.25) is 5.02 Å². The largest absolute Gasteiger partial charge is 0.496 e. The average Bonchev–Trinajstić information content (AvgIpc) is 3.20. The van der Waals surface area contributed by atoms with Crippen LogP contribution in [0.3, 0.4) is 0 Å². The van der Waals surface area contributed by atoms with E-state index in [1.165, 1.54) is 19.2 Å². The van der Waals surface area contributed by atoms with Gasteiger partial charge in [0.1, 0.15) is 12.4 Å². The molecule has 43 heavy (non-hydrogen) atoms. The molecule has 0 N–H and O–H groups in total. The highest BCUT2D eigenvalue weighted by atomic mass is 35.5. The summed E-state index contributed by atoms with van der Waals surface area (Å²) < 4.78 is 73.7. The molecule has 1 amide bonds. The summed E-state index contributed by atoms with van der Waals surface area (Å²) in [5.41, 5.74) is -4.74. The van der Waals surface area contributed by atoms with Crippen molar-refractivity contribution >= 4 is 35.1 Å². The highest BCUT2D eigenvalue weighted by Crippen LogP contribution is 2.51. The van der Waals surface area contributed by atoms with Crippen molar-refractivity contribution in [1.29, 1.82) is 0 Å². The first-order valence-electron chi connectivity index (χ1n) is 13.3. The third-order valence-electron chi connectivity index (χ3n) is 7.34. The standard InChI is InChI=1S/C31H28ClF4NO6/c1-4-18(2)26(27(38)42-16-19-8-6-5-7-9-19)28(39)43-17-37-24-14-20(31(34,35)36)10-12-22(24)30(33,29(37)40)23-15-21(32)11-13-25(23)41-3/h5-15,18,26H,4,16-17H2,1-3H3/t18-,26-,30-/m0/s1. The number of fused-ring (bicyclic) bond motifs is 1. The van der Waals surface area contributed by atoms with Gasteiger partial charge in [0.05, 0.1) is 18.4 Å². The molecule has 0 radical (unpaired) electrons. The zero-order valence-electron chi connectivity index (χ0n) is 23.4. The maximum Gasteiger partial charge on any atom is 0.416 e. The molecule has 7 nitrogen and oxygen atoms in total. The van der Waals surface area contributed by atoms with E-state index in [1.54, 1.807) is 44.2 Å². The maximum absolute atomic E-state index is 17.0. The van der Waals surface area contributed by atoms with E-state index in [0.717, 1.165) is 12.1 Å². The molecule has 228 valence electrons. The van der Waals surface area contributed by atoms with E-state index in [2.05, 4.69) is 0 Å². The number of benzene rings is 3. The molecule has 3 atom stereocenters. The molecule has 3 aromatic rings. The Labute approximate surface area is 250 Å². The van der Waals surface area contributed by atoms with Gasteiger partial charge in [-0.15, -0.1) is 0 Å². The molecule has 0 saturated heterocycles. The number of hydrogen-bond acceptors (Lipinski definition) is 6. The molecular formula is C31H28ClF4NO6. The van der Waals surface area contributed by atoms with Gasteiger partial charge in [0.15, 0.2) is 12.6 Å². The molecular weight excluding hydrogens is 594 g/mol. The predicted octanol–water partition coefficient (Wildman–Crippen LogP) is 6.83. The fourth-order valence-electron chi connectivity index (χ4n) is 4.80. The van der Waals surface area contributed by atoms with Crippen LogP contribution in [-0.2, 0) is 42.3 Å². The molecule has 0 saturated carbocycles. The van der Waals surface area contributed by atoms with Gasteiger partial charge in [0.2, 0.25) is 5.67 Å². The molecule has 0 spiro atoms. The normalized spacial score (nSPS) is 17.7. The predicted molar refractivity (Wildman–Crippen MR) is 149 cm³/mol. The van der Waals surface area contributed by atoms with Gasteiger partial charge in [0.25, 0.3) is 5.91 Å². The SMILES string of the molecule is CC[C@H](C)[C@@H](C(=O)OCc1ccccc1)C(=O)OCN1C(=O)[C@@](F)(c2cc(Cl)ccc2OC)c2ccc(C(F)(F)F)cc21. The third kappa shape index (κ3) is 6.31. The fraction of sp³-hybridized carbons (Fsp3) is 0.323. The molecule has 0 bridgehead atoms. The first kappa shape index (κ1) is 31.8. The maximum atomic E-state index is 17.0. The number of halogens is 5. The van der Waals surface area contributed by atoms with Crippen LogP contribution in [0.5, 0.6) is 5.75 Å². The number of carbonyl (C=O) groups is 3. The van der Waals surface area contributed by atoms with Gasteiger partial charge in [-0.05, 0) is 41.8 Å². The number of hydrogen-bond donors (Lipinski definition) is 0. The summed E-state index contributed by atoms with van der Waals surface area (Å²) in [6, 6.07) is 14.7. The minimum atomic E-state index is -4.82. The fourth-order valence-corrected chi connectivity index (χ4v) is 4.98. The van der Waals surface area contributed by atoms with Gasteiger partial charge < -0.3 is 14.2 Å². The van der Waals surface area contributed by atoms with Crippen molar-refractivity contribution in [2.24, 2.45) is 11.8 Å². The van der Waals surface area contributed by atoms with Gasteiger partial charge in [-0.3, -0.25) is 19.3 Å². The third-order valence-corrected chi connectivity index (χ3v) is 7.58. The molecule has 0 unspecified atom stereocenters. The van der Waals surface area contributed by atoms with E-state index < -0.39 is 65.1 Å². The molecule has 1 heterocycles. The first-order chi connectivity index (χ1) is 20.3. The lowest BCUT2D eigenvalue weighted by Crippen LogP contribution is -2.41. The van der Waals surface area contributed by atoms with Crippen molar-refractivity contribution in [1.82, 2.24) is 0 Å². The lowest BCUT2D eigenvalue weighted by atomic mass is 9.88. The van der Waals surface area contributed by atoms with Crippen LogP contribution >= 0.6 is 11.6 Å². The van der Waals surface area contributed by atoms with Gasteiger partial charge in [0, 0.05) is 16.1 Å². The van der Waals surface area contributed by atoms with Crippen molar-refractivity contribution in [3.8, 4) is 5.75 Å². The molecule has 0 aromatic heterocycles. The van der Waals surface area contributed by atoms with Gasteiger partial charge in [-0.1, -0.05) is 68.3 Å². The number of methoxy groups -OCH3 is 1. The van der Waals surface area contributed by atoms with Gasteiger partial charge in [-0.25, -0.2) is 4.39 Å². The molecule has 0 fully saturated rings. The molecule has 3 aromatic carbocycles. The molecule has 1 aliphatic rings. The second-order valence-corrected chi connectivity index (χ2v) is 10.5. The Morgan fingerprint density at radius 2 is 1.65 bits per heavy atom. The van der Waals surface area contributed by atoms with Crippen LogP contribution in [-0.4, -0.2) is 31.7 Å². The van der Waals surface area contributed by atoms with E-state index in [0.29, 0.717) is 29.0 Å². The second-order valence-electron chi connectivity index (χ2n) is 10.0. The van der Waals surface area contributed by atoms with Crippen LogP contribution in [0.15, 0.2) is 66.7 Å². The highest BCUT2D eigenvalue weighted by Gasteiger charge is 2.56. The van der Waals surface area contributed by atoms with E-state index in [1.807, 2.05) is 0 Å². The number of rotatable bonds is 10. The summed E-state index contributed by atoms with van der Waals surface area (Å²) >= 11 is 6.08. The zero-order valence-corrected chi connectivity index (χ0v) is 24.2. The molecule has 1 aliphatic heterocycles. The first-order valence-corrected chi connectivity index (χ1v) is 13.6. The number of amides is 1. The number of nitrogens with zero attached hydrogens (tertiary/aromatic N) is 1. The summed E-state index contributed by atoms with van der Waals surface area (Å²) in [6.07, 6.45) is -4.44. The zero-order chi connectivity index (χ0) is 31.5. The lowest BCUT2D eigenvalue weighted by molar-refractivity contribution is -0.165. The smallest absolute Gasteiger partial charge is 0.416 e. The Kier molecular flexibility index (Phi) is 9.34. The van der Waals surface area contributed by atoms with Gasteiger partial charge in [-0.2, -0.15) is 13.2 Å². The number of ether oxygens (including phenoxy) is 3. The number of alkyl halides is 4. The Morgan fingerprint density at radius 3 is 2.28 bits per heavy atom. The molecule has 0 aliphatic carbocycles. The Bertz CT molecular complexity index is 1520. The summed E-state index contributed by atoms with van der Waals surface area (Å²) in [5, 5.41) is 0.0457. The number of esters is 2. The van der Waals surface area contributed by atoms with E-state index in [-0.39, 0.29) is 22.9 Å². The second kappa shape index (κ2) is 12.6. The summed E-state index contributed by atoms with van der Waals surface area (Å²) in [6.45, 7) is 2.28. The van der Waals surface area contributed by atoms with Crippen molar-refractivity contribution in [3.63, 3.8) is 0 Å². The van der Waals surface area contributed by atoms with E-state index in [4.69, 9.17) is 25.8 Å². The van der Waals surface area contributed by atoms with Crippen molar-refractivity contribution in [2.45, 2.75) is 38.7 Å². The van der Waals surface area contributed by atoms with Crippen LogP contribution in [0, 0.1) is 11.8 Å². The number of anilines is 1. The van der Waals surface area contributed by atoms with Gasteiger partial charge >= 0.3 is 18.1 Å². The molecule has 4 rings (SSSR count). The lowest BCUT2D eigenvalue weighted by Gasteiger charge is -2.24. The highest BCUT2D eigenvalue weighted by molar-refractivity contribution is 6.30. The van der Waals surface area contributed by atoms with E-state index >= 15 is 4.39 Å². The minimum absolute atomic E-state index is 0.0457. The molecule has 12 heteroatoms. The summed E-state index contributed by atoms with van der Waals surface area (Å²) in [7, 11) is 1.23. The quantitative estimate of drug-likeness (QED) is 0.140. The van der Waals surface area contributed by atoms with Crippen molar-refractivity contribution < 1.29 is 46.2 Å². The Hall–Kier alpha value is -4.12. The Morgan fingerprint density at radius 1 is 0.977 bits per heavy atom. The summed E-state index contributed by atoms with van der Waals surface area (Å²) in [4.78, 5) is 40.4. The number of carbonyl (C=O) groups excluding carboxylic acids is 3. The Balaban J connectivity index is 1.66. The minimum Gasteiger partial charge on any atom is -0.496 e. The van der Waals surface area contributed by atoms with Crippen LogP contribution in [0.4, 0.5) is 23.2 Å². The topological polar surface area (TPSA) is 82.1 Å². The van der Waals surface area contributed by atoms with Crippen molar-refractivity contribution in [3.05, 3.63) is 94.0 Å². The van der Waals surface area contributed by atoms with Crippen LogP contribution < -0.4 is 9.64 Å². The van der Waals surface area contributed by atoms with Crippen LogP contribution in [0.1, 0.15) is 42.5 Å². The van der Waals surface area contributed by atoms with Crippen LogP contribution in [0.25, 0.3) is 0 Å². The van der Waals surface area contributed by atoms with Crippen molar-refractivity contribution in [2.75, 3.05) is 18.7 Å². The summed E-state index contributed by atoms with van der Waals surface area (Å²) in [5.74, 6) is -5.32.